The van der Waals surface area contributed by atoms with Crippen LogP contribution in [0.15, 0.2) is 42.5 Å². The van der Waals surface area contributed by atoms with Crippen LogP contribution in [0.25, 0.3) is 11.1 Å². The van der Waals surface area contributed by atoms with Gasteiger partial charge in [-0.3, -0.25) is 4.79 Å². The van der Waals surface area contributed by atoms with E-state index in [1.54, 1.807) is 24.1 Å². The number of hydrogen-bond donors (Lipinski definition) is 1. The van der Waals surface area contributed by atoms with Crippen LogP contribution in [0, 0.1) is 5.82 Å². The molecule has 0 aromatic heterocycles. The predicted octanol–water partition coefficient (Wildman–Crippen LogP) is 2.67. The first-order valence-corrected chi connectivity index (χ1v) is 7.57. The Hall–Kier alpha value is -2.40. The minimum absolute atomic E-state index is 0.0133. The molecule has 23 heavy (non-hydrogen) atoms. The summed E-state index contributed by atoms with van der Waals surface area (Å²) in [6.45, 7) is 1.07. The SMILES string of the molecule is COc1ccc(-c2ccc(C(=O)N3CC[C@@H](N)C3)c(F)c2)cc1. The van der Waals surface area contributed by atoms with Crippen LogP contribution in [0.4, 0.5) is 4.39 Å². The van der Waals surface area contributed by atoms with Gasteiger partial charge in [0, 0.05) is 19.1 Å². The zero-order chi connectivity index (χ0) is 16.4. The van der Waals surface area contributed by atoms with Gasteiger partial charge in [0.05, 0.1) is 12.7 Å². The van der Waals surface area contributed by atoms with Gasteiger partial charge in [0.15, 0.2) is 0 Å². The molecule has 2 aromatic carbocycles. The molecule has 1 saturated heterocycles. The highest BCUT2D eigenvalue weighted by Gasteiger charge is 2.26. The minimum Gasteiger partial charge on any atom is -0.497 e. The van der Waals surface area contributed by atoms with Gasteiger partial charge in [0.25, 0.3) is 5.91 Å². The Balaban J connectivity index is 1.83. The molecule has 3 rings (SSSR count). The molecule has 0 radical (unpaired) electrons. The van der Waals surface area contributed by atoms with Crippen LogP contribution >= 0.6 is 0 Å². The highest BCUT2D eigenvalue weighted by atomic mass is 19.1. The fourth-order valence-electron chi connectivity index (χ4n) is 2.79. The Morgan fingerprint density at radius 3 is 2.48 bits per heavy atom. The van der Waals surface area contributed by atoms with Crippen molar-refractivity contribution in [2.24, 2.45) is 5.73 Å². The molecule has 1 aliphatic heterocycles. The van der Waals surface area contributed by atoms with Crippen molar-refractivity contribution in [3.05, 3.63) is 53.8 Å². The van der Waals surface area contributed by atoms with Gasteiger partial charge < -0.3 is 15.4 Å². The van der Waals surface area contributed by atoms with Crippen molar-refractivity contribution in [1.82, 2.24) is 4.90 Å². The normalized spacial score (nSPS) is 17.3. The lowest BCUT2D eigenvalue weighted by Crippen LogP contribution is -2.32. The van der Waals surface area contributed by atoms with Gasteiger partial charge in [-0.25, -0.2) is 4.39 Å². The van der Waals surface area contributed by atoms with Crippen LogP contribution < -0.4 is 10.5 Å². The standard InChI is InChI=1S/C18H19FN2O2/c1-23-15-5-2-12(3-6-15)13-4-7-16(17(19)10-13)18(22)21-9-8-14(20)11-21/h2-7,10,14H,8-9,11,20H2,1H3/t14-/m1/s1. The van der Waals surface area contributed by atoms with E-state index in [4.69, 9.17) is 10.5 Å². The smallest absolute Gasteiger partial charge is 0.256 e. The second-order valence-electron chi connectivity index (χ2n) is 5.72. The molecule has 0 saturated carbocycles. The summed E-state index contributed by atoms with van der Waals surface area (Å²) in [6, 6.07) is 12.0. The first kappa shape index (κ1) is 15.5. The zero-order valence-electron chi connectivity index (χ0n) is 13.0. The van der Waals surface area contributed by atoms with E-state index >= 15 is 0 Å². The summed E-state index contributed by atoms with van der Waals surface area (Å²) in [5, 5.41) is 0. The largest absolute Gasteiger partial charge is 0.497 e. The Morgan fingerprint density at radius 2 is 1.91 bits per heavy atom. The lowest BCUT2D eigenvalue weighted by Gasteiger charge is -2.16. The predicted molar refractivity (Wildman–Crippen MR) is 86.9 cm³/mol. The van der Waals surface area contributed by atoms with Gasteiger partial charge in [-0.05, 0) is 41.8 Å². The average Bonchev–Trinajstić information content (AvgIpc) is 3.01. The Labute approximate surface area is 134 Å². The van der Waals surface area contributed by atoms with Crippen LogP contribution in [0.3, 0.4) is 0 Å². The second kappa shape index (κ2) is 6.38. The highest BCUT2D eigenvalue weighted by Crippen LogP contribution is 2.25. The van der Waals surface area contributed by atoms with Crippen LogP contribution in [0.1, 0.15) is 16.8 Å². The van der Waals surface area contributed by atoms with E-state index in [0.29, 0.717) is 13.1 Å². The van der Waals surface area contributed by atoms with Crippen molar-refractivity contribution >= 4 is 5.91 Å². The van der Waals surface area contributed by atoms with Gasteiger partial charge in [-0.1, -0.05) is 18.2 Å². The van der Waals surface area contributed by atoms with Crippen LogP contribution in [0.2, 0.25) is 0 Å². The minimum atomic E-state index is -0.510. The van der Waals surface area contributed by atoms with E-state index in [0.717, 1.165) is 23.3 Å². The zero-order valence-corrected chi connectivity index (χ0v) is 13.0. The fourth-order valence-corrected chi connectivity index (χ4v) is 2.79. The van der Waals surface area contributed by atoms with E-state index in [1.165, 1.54) is 6.07 Å². The third-order valence-electron chi connectivity index (χ3n) is 4.13. The number of hydrogen-bond acceptors (Lipinski definition) is 3. The first-order valence-electron chi connectivity index (χ1n) is 7.57. The fraction of sp³-hybridized carbons (Fsp3) is 0.278. The molecular weight excluding hydrogens is 295 g/mol. The van der Waals surface area contributed by atoms with Crippen molar-refractivity contribution in [2.75, 3.05) is 20.2 Å². The molecule has 1 aliphatic rings. The average molecular weight is 314 g/mol. The number of methoxy groups -OCH3 is 1. The number of benzene rings is 2. The summed E-state index contributed by atoms with van der Waals surface area (Å²) in [5.41, 5.74) is 7.49. The third kappa shape index (κ3) is 3.19. The Kier molecular flexibility index (Phi) is 4.30. The van der Waals surface area contributed by atoms with E-state index in [1.807, 2.05) is 24.3 Å². The summed E-state index contributed by atoms with van der Waals surface area (Å²) >= 11 is 0. The number of ether oxygens (including phenoxy) is 1. The molecule has 1 amide bonds. The number of rotatable bonds is 3. The summed E-state index contributed by atoms with van der Waals surface area (Å²) in [6.07, 6.45) is 0.761. The molecule has 1 heterocycles. The number of nitrogens with two attached hydrogens (primary N) is 1. The van der Waals surface area contributed by atoms with Gasteiger partial charge >= 0.3 is 0 Å². The van der Waals surface area contributed by atoms with Crippen molar-refractivity contribution in [1.29, 1.82) is 0 Å². The molecule has 0 aliphatic carbocycles. The number of halogens is 1. The summed E-state index contributed by atoms with van der Waals surface area (Å²) in [4.78, 5) is 14.0. The number of likely N-dealkylation sites (tertiary alicyclic amines) is 1. The molecule has 2 aromatic rings. The summed E-state index contributed by atoms with van der Waals surface area (Å²) < 4.78 is 19.5. The number of nitrogens with zero attached hydrogens (tertiary/aromatic N) is 1. The molecule has 0 bridgehead atoms. The number of carbonyl (C=O) groups excluding carboxylic acids is 1. The van der Waals surface area contributed by atoms with E-state index < -0.39 is 5.82 Å². The van der Waals surface area contributed by atoms with Crippen molar-refractivity contribution < 1.29 is 13.9 Å². The highest BCUT2D eigenvalue weighted by molar-refractivity contribution is 5.95. The molecule has 1 atom stereocenters. The van der Waals surface area contributed by atoms with Gasteiger partial charge in [0.2, 0.25) is 0 Å². The molecule has 2 N–H and O–H groups in total. The maximum Gasteiger partial charge on any atom is 0.256 e. The molecule has 0 unspecified atom stereocenters. The third-order valence-corrected chi connectivity index (χ3v) is 4.13. The molecular formula is C18H19FN2O2. The maximum absolute atomic E-state index is 14.4. The molecule has 1 fully saturated rings. The first-order chi connectivity index (χ1) is 11.1. The quantitative estimate of drug-likeness (QED) is 0.947. The molecule has 120 valence electrons. The monoisotopic (exact) mass is 314 g/mol. The summed E-state index contributed by atoms with van der Waals surface area (Å²) in [5.74, 6) is -0.0630. The molecule has 0 spiro atoms. The van der Waals surface area contributed by atoms with Gasteiger partial charge in [-0.15, -0.1) is 0 Å². The van der Waals surface area contributed by atoms with Crippen molar-refractivity contribution in [3.8, 4) is 16.9 Å². The van der Waals surface area contributed by atoms with E-state index in [-0.39, 0.29) is 17.5 Å². The van der Waals surface area contributed by atoms with Crippen molar-refractivity contribution in [3.63, 3.8) is 0 Å². The number of carbonyl (C=O) groups is 1. The summed E-state index contributed by atoms with van der Waals surface area (Å²) in [7, 11) is 1.60. The van der Waals surface area contributed by atoms with E-state index in [2.05, 4.69) is 0 Å². The number of amides is 1. The van der Waals surface area contributed by atoms with Gasteiger partial charge in [-0.2, -0.15) is 0 Å². The second-order valence-corrected chi connectivity index (χ2v) is 5.72. The van der Waals surface area contributed by atoms with Crippen molar-refractivity contribution in [2.45, 2.75) is 12.5 Å². The lowest BCUT2D eigenvalue weighted by molar-refractivity contribution is 0.0786. The van der Waals surface area contributed by atoms with E-state index in [9.17, 15) is 9.18 Å². The molecule has 5 heteroatoms. The molecule has 4 nitrogen and oxygen atoms in total. The van der Waals surface area contributed by atoms with Crippen LogP contribution in [0.5, 0.6) is 5.75 Å². The maximum atomic E-state index is 14.4. The van der Waals surface area contributed by atoms with Crippen LogP contribution in [-0.2, 0) is 0 Å². The van der Waals surface area contributed by atoms with Gasteiger partial charge in [0.1, 0.15) is 11.6 Å². The Morgan fingerprint density at radius 1 is 1.22 bits per heavy atom. The van der Waals surface area contributed by atoms with Crippen LogP contribution in [-0.4, -0.2) is 37.0 Å². The topological polar surface area (TPSA) is 55.6 Å². The Bertz CT molecular complexity index is 715. The lowest BCUT2D eigenvalue weighted by atomic mass is 10.0.